The van der Waals surface area contributed by atoms with Crippen LogP contribution in [0.3, 0.4) is 0 Å². The number of carbonyl (C=O) groups is 1. The summed E-state index contributed by atoms with van der Waals surface area (Å²) in [6, 6.07) is 6.13. The Bertz CT molecular complexity index is 412. The first kappa shape index (κ1) is 11.9. The van der Waals surface area contributed by atoms with Gasteiger partial charge in [-0.15, -0.1) is 0 Å². The molecule has 1 N–H and O–H groups in total. The van der Waals surface area contributed by atoms with Crippen molar-refractivity contribution >= 4 is 17.3 Å². The monoisotopic (exact) mass is 234 g/mol. The van der Waals surface area contributed by atoms with Crippen LogP contribution >= 0.6 is 0 Å². The zero-order valence-corrected chi connectivity index (χ0v) is 10.3. The molecule has 1 aliphatic heterocycles. The molecule has 92 valence electrons. The Hall–Kier alpha value is -1.55. The van der Waals surface area contributed by atoms with Gasteiger partial charge in [0.25, 0.3) is 0 Å². The van der Waals surface area contributed by atoms with Crippen LogP contribution in [0.4, 0.5) is 11.4 Å². The molecular weight excluding hydrogens is 216 g/mol. The number of hydrogen-bond acceptors (Lipinski definition) is 3. The predicted molar refractivity (Wildman–Crippen MR) is 68.5 cm³/mol. The molecule has 0 atom stereocenters. The predicted octanol–water partition coefficient (Wildman–Crippen LogP) is 1.79. The van der Waals surface area contributed by atoms with Gasteiger partial charge in [-0.1, -0.05) is 6.07 Å². The van der Waals surface area contributed by atoms with Gasteiger partial charge in [-0.05, 0) is 24.6 Å². The number of hydrogen-bond donors (Lipinski definition) is 1. The molecule has 1 heterocycles. The molecule has 0 aliphatic carbocycles. The van der Waals surface area contributed by atoms with E-state index in [0.29, 0.717) is 0 Å². The summed E-state index contributed by atoms with van der Waals surface area (Å²) in [5.74, 6) is -0.0369. The fourth-order valence-corrected chi connectivity index (χ4v) is 2.02. The number of aryl methyl sites for hydroxylation is 1. The van der Waals surface area contributed by atoms with Gasteiger partial charge in [0.15, 0.2) is 0 Å². The van der Waals surface area contributed by atoms with Gasteiger partial charge in [0.05, 0.1) is 24.6 Å². The summed E-state index contributed by atoms with van der Waals surface area (Å²) in [7, 11) is 0. The van der Waals surface area contributed by atoms with Gasteiger partial charge in [-0.2, -0.15) is 0 Å². The molecule has 0 saturated carbocycles. The van der Waals surface area contributed by atoms with E-state index in [1.165, 1.54) is 6.92 Å². The van der Waals surface area contributed by atoms with E-state index in [0.717, 1.165) is 43.2 Å². The van der Waals surface area contributed by atoms with E-state index in [1.807, 2.05) is 13.0 Å². The van der Waals surface area contributed by atoms with E-state index in [2.05, 4.69) is 22.3 Å². The average molecular weight is 234 g/mol. The molecule has 0 bridgehead atoms. The Balaban J connectivity index is 2.27. The lowest BCUT2D eigenvalue weighted by atomic mass is 10.1. The number of benzene rings is 1. The second-order valence-corrected chi connectivity index (χ2v) is 4.30. The van der Waals surface area contributed by atoms with E-state index < -0.39 is 0 Å². The molecule has 1 saturated heterocycles. The minimum atomic E-state index is -0.0369. The van der Waals surface area contributed by atoms with Crippen LogP contribution in [0, 0.1) is 6.92 Å². The van der Waals surface area contributed by atoms with Gasteiger partial charge in [-0.25, -0.2) is 0 Å². The summed E-state index contributed by atoms with van der Waals surface area (Å²) in [5, 5.41) is 2.89. The number of carbonyl (C=O) groups excluding carboxylic acids is 1. The van der Waals surface area contributed by atoms with Crippen molar-refractivity contribution in [3.63, 3.8) is 0 Å². The third-order valence-corrected chi connectivity index (χ3v) is 2.81. The molecule has 0 aromatic heterocycles. The Morgan fingerprint density at radius 1 is 1.35 bits per heavy atom. The second-order valence-electron chi connectivity index (χ2n) is 4.30. The first-order valence-corrected chi connectivity index (χ1v) is 5.88. The van der Waals surface area contributed by atoms with Crippen LogP contribution in [0.1, 0.15) is 12.5 Å². The van der Waals surface area contributed by atoms with E-state index >= 15 is 0 Å². The number of ether oxygens (including phenoxy) is 1. The largest absolute Gasteiger partial charge is 0.378 e. The molecule has 4 heteroatoms. The van der Waals surface area contributed by atoms with Crippen LogP contribution in [0.5, 0.6) is 0 Å². The summed E-state index contributed by atoms with van der Waals surface area (Å²) >= 11 is 0. The van der Waals surface area contributed by atoms with Crippen molar-refractivity contribution in [2.45, 2.75) is 13.8 Å². The molecule has 1 amide bonds. The van der Waals surface area contributed by atoms with Crippen molar-refractivity contribution in [2.75, 3.05) is 36.5 Å². The highest BCUT2D eigenvalue weighted by molar-refractivity contribution is 5.93. The molecule has 0 spiro atoms. The molecule has 1 aromatic rings. The molecule has 1 aromatic carbocycles. The highest BCUT2D eigenvalue weighted by Crippen LogP contribution is 2.27. The van der Waals surface area contributed by atoms with E-state index in [1.54, 1.807) is 0 Å². The second kappa shape index (κ2) is 5.19. The Morgan fingerprint density at radius 2 is 2.06 bits per heavy atom. The fourth-order valence-electron chi connectivity index (χ4n) is 2.02. The van der Waals surface area contributed by atoms with Crippen molar-refractivity contribution in [1.82, 2.24) is 0 Å². The lowest BCUT2D eigenvalue weighted by molar-refractivity contribution is -0.114. The van der Waals surface area contributed by atoms with E-state index in [9.17, 15) is 4.79 Å². The SMILES string of the molecule is CC(=O)Nc1cc(C)ccc1N1CCOCC1. The first-order chi connectivity index (χ1) is 8.16. The number of nitrogens with one attached hydrogen (secondary N) is 1. The van der Waals surface area contributed by atoms with Crippen LogP contribution in [-0.4, -0.2) is 32.2 Å². The van der Waals surface area contributed by atoms with Gasteiger partial charge in [0.1, 0.15) is 0 Å². The van der Waals surface area contributed by atoms with Gasteiger partial charge in [0, 0.05) is 20.0 Å². The summed E-state index contributed by atoms with van der Waals surface area (Å²) in [5.41, 5.74) is 3.11. The van der Waals surface area contributed by atoms with Crippen LogP contribution in [0.25, 0.3) is 0 Å². The number of morpholine rings is 1. The summed E-state index contributed by atoms with van der Waals surface area (Å²) in [6.45, 7) is 6.78. The standard InChI is InChI=1S/C13H18N2O2/c1-10-3-4-13(12(9-10)14-11(2)16)15-5-7-17-8-6-15/h3-4,9H,5-8H2,1-2H3,(H,14,16). The molecule has 1 aliphatic rings. The van der Waals surface area contributed by atoms with Crippen molar-refractivity contribution in [2.24, 2.45) is 0 Å². The molecule has 4 nitrogen and oxygen atoms in total. The van der Waals surface area contributed by atoms with Crippen LogP contribution in [0.2, 0.25) is 0 Å². The minimum Gasteiger partial charge on any atom is -0.378 e. The zero-order valence-electron chi connectivity index (χ0n) is 10.3. The highest BCUT2D eigenvalue weighted by Gasteiger charge is 2.15. The van der Waals surface area contributed by atoms with Gasteiger partial charge >= 0.3 is 0 Å². The van der Waals surface area contributed by atoms with Crippen molar-refractivity contribution in [1.29, 1.82) is 0 Å². The van der Waals surface area contributed by atoms with Crippen LogP contribution < -0.4 is 10.2 Å². The Labute approximate surface area is 102 Å². The number of amides is 1. The molecule has 1 fully saturated rings. The maximum atomic E-state index is 11.2. The van der Waals surface area contributed by atoms with E-state index in [-0.39, 0.29) is 5.91 Å². The number of anilines is 2. The summed E-state index contributed by atoms with van der Waals surface area (Å²) in [6.07, 6.45) is 0. The molecule has 0 unspecified atom stereocenters. The van der Waals surface area contributed by atoms with Crippen LogP contribution in [-0.2, 0) is 9.53 Å². The zero-order chi connectivity index (χ0) is 12.3. The Kier molecular flexibility index (Phi) is 3.64. The minimum absolute atomic E-state index is 0.0369. The number of rotatable bonds is 2. The normalized spacial score (nSPS) is 15.8. The smallest absolute Gasteiger partial charge is 0.221 e. The van der Waals surface area contributed by atoms with Crippen molar-refractivity contribution in [3.05, 3.63) is 23.8 Å². The molecular formula is C13H18N2O2. The lowest BCUT2D eigenvalue weighted by Crippen LogP contribution is -2.36. The van der Waals surface area contributed by atoms with Gasteiger partial charge < -0.3 is 15.0 Å². The number of nitrogens with zero attached hydrogens (tertiary/aromatic N) is 1. The average Bonchev–Trinajstić information content (AvgIpc) is 2.29. The quantitative estimate of drug-likeness (QED) is 0.848. The highest BCUT2D eigenvalue weighted by atomic mass is 16.5. The third kappa shape index (κ3) is 2.97. The maximum Gasteiger partial charge on any atom is 0.221 e. The van der Waals surface area contributed by atoms with Gasteiger partial charge in [0.2, 0.25) is 5.91 Å². The van der Waals surface area contributed by atoms with Crippen LogP contribution in [0.15, 0.2) is 18.2 Å². The van der Waals surface area contributed by atoms with E-state index in [4.69, 9.17) is 4.74 Å². The summed E-state index contributed by atoms with van der Waals surface area (Å²) < 4.78 is 5.34. The molecule has 0 radical (unpaired) electrons. The first-order valence-electron chi connectivity index (χ1n) is 5.88. The summed E-state index contributed by atoms with van der Waals surface area (Å²) in [4.78, 5) is 13.4. The third-order valence-electron chi connectivity index (χ3n) is 2.81. The van der Waals surface area contributed by atoms with Gasteiger partial charge in [-0.3, -0.25) is 4.79 Å². The topological polar surface area (TPSA) is 41.6 Å². The van der Waals surface area contributed by atoms with Crippen molar-refractivity contribution in [3.8, 4) is 0 Å². The fraction of sp³-hybridized carbons (Fsp3) is 0.462. The maximum absolute atomic E-state index is 11.2. The molecule has 17 heavy (non-hydrogen) atoms. The molecule has 2 rings (SSSR count). The lowest BCUT2D eigenvalue weighted by Gasteiger charge is -2.30. The Morgan fingerprint density at radius 3 is 2.71 bits per heavy atom. The van der Waals surface area contributed by atoms with Crippen molar-refractivity contribution < 1.29 is 9.53 Å².